The van der Waals surface area contributed by atoms with Crippen LogP contribution in [0.25, 0.3) is 5.70 Å². The molecule has 0 saturated carbocycles. The maximum atomic E-state index is 13.8. The van der Waals surface area contributed by atoms with Crippen LogP contribution in [0.3, 0.4) is 0 Å². The average Bonchev–Trinajstić information content (AvgIpc) is 3.26. The molecule has 1 aromatic heterocycles. The maximum Gasteiger partial charge on any atom is 0.227 e. The number of fused-ring (bicyclic) bond motifs is 3. The zero-order valence-electron chi connectivity index (χ0n) is 17.2. The molecule has 3 aromatic carbocycles. The molecule has 32 heavy (non-hydrogen) atoms. The number of hydrogen-bond acceptors (Lipinski definition) is 5. The zero-order valence-corrected chi connectivity index (χ0v) is 18.0. The molecule has 4 aromatic rings. The van der Waals surface area contributed by atoms with Crippen LogP contribution in [-0.4, -0.2) is 21.0 Å². The molecule has 0 radical (unpaired) electrons. The molecule has 0 aliphatic carbocycles. The molecule has 0 bridgehead atoms. The Morgan fingerprint density at radius 1 is 0.938 bits per heavy atom. The number of hydrogen-bond donors (Lipinski definition) is 1. The van der Waals surface area contributed by atoms with Crippen LogP contribution < -0.4 is 10.1 Å². The molecule has 158 valence electrons. The minimum Gasteiger partial charge on any atom is -0.480 e. The molecule has 0 unspecified atom stereocenters. The summed E-state index contributed by atoms with van der Waals surface area (Å²) >= 11 is 1.49. The quantitative estimate of drug-likeness (QED) is 0.413. The summed E-state index contributed by atoms with van der Waals surface area (Å²) in [6.07, 6.45) is 1.62. The SMILES string of the molecule is CSc1nc2n(n1)[C@H](c1ccc(F)cc1)C1=C(N2)c2ccccc2O[C@@H]1c1ccccc1. The van der Waals surface area contributed by atoms with Crippen LogP contribution in [0.4, 0.5) is 10.3 Å². The highest BCUT2D eigenvalue weighted by Gasteiger charge is 2.41. The van der Waals surface area contributed by atoms with Crippen molar-refractivity contribution in [2.24, 2.45) is 0 Å². The normalized spacial score (nSPS) is 18.8. The fourth-order valence-electron chi connectivity index (χ4n) is 4.41. The van der Waals surface area contributed by atoms with Gasteiger partial charge in [0.05, 0.1) is 5.70 Å². The first-order chi connectivity index (χ1) is 15.7. The largest absolute Gasteiger partial charge is 0.480 e. The van der Waals surface area contributed by atoms with Gasteiger partial charge in [-0.05, 0) is 41.6 Å². The fourth-order valence-corrected chi connectivity index (χ4v) is 4.76. The summed E-state index contributed by atoms with van der Waals surface area (Å²) in [6, 6.07) is 24.4. The van der Waals surface area contributed by atoms with Crippen molar-refractivity contribution in [2.45, 2.75) is 17.3 Å². The summed E-state index contributed by atoms with van der Waals surface area (Å²) in [4.78, 5) is 4.68. The van der Waals surface area contributed by atoms with Crippen LogP contribution in [0.2, 0.25) is 0 Å². The minimum atomic E-state index is -0.335. The van der Waals surface area contributed by atoms with E-state index in [0.29, 0.717) is 11.1 Å². The lowest BCUT2D eigenvalue weighted by Gasteiger charge is -2.38. The molecule has 0 spiro atoms. The molecule has 2 aliphatic heterocycles. The van der Waals surface area contributed by atoms with Crippen LogP contribution in [0, 0.1) is 5.82 Å². The van der Waals surface area contributed by atoms with Crippen molar-refractivity contribution in [3.8, 4) is 5.75 Å². The number of rotatable bonds is 3. The van der Waals surface area contributed by atoms with Gasteiger partial charge in [-0.25, -0.2) is 9.07 Å². The number of nitrogens with one attached hydrogen (secondary N) is 1. The number of para-hydroxylation sites is 1. The van der Waals surface area contributed by atoms with Crippen molar-refractivity contribution in [3.63, 3.8) is 0 Å². The predicted molar refractivity (Wildman–Crippen MR) is 123 cm³/mol. The molecular weight excluding hydrogens is 423 g/mol. The van der Waals surface area contributed by atoms with Crippen LogP contribution in [-0.2, 0) is 0 Å². The molecule has 1 N–H and O–H groups in total. The van der Waals surface area contributed by atoms with E-state index in [1.807, 2.05) is 65.5 Å². The fraction of sp³-hybridized carbons (Fsp3) is 0.120. The van der Waals surface area contributed by atoms with E-state index in [4.69, 9.17) is 9.84 Å². The van der Waals surface area contributed by atoms with Gasteiger partial charge < -0.3 is 10.1 Å². The predicted octanol–water partition coefficient (Wildman–Crippen LogP) is 5.70. The summed E-state index contributed by atoms with van der Waals surface area (Å²) < 4.78 is 22.2. The van der Waals surface area contributed by atoms with Gasteiger partial charge in [-0.1, -0.05) is 66.4 Å². The monoisotopic (exact) mass is 442 g/mol. The molecule has 6 rings (SSSR count). The summed E-state index contributed by atoms with van der Waals surface area (Å²) in [5.41, 5.74) is 4.91. The third-order valence-corrected chi connectivity index (χ3v) is 6.37. The molecule has 0 saturated heterocycles. The van der Waals surface area contributed by atoms with Gasteiger partial charge in [0.15, 0.2) is 0 Å². The van der Waals surface area contributed by atoms with Gasteiger partial charge in [-0.15, -0.1) is 5.10 Å². The highest BCUT2D eigenvalue weighted by molar-refractivity contribution is 7.98. The van der Waals surface area contributed by atoms with E-state index in [0.717, 1.165) is 33.7 Å². The molecule has 2 atom stereocenters. The Kier molecular flexibility index (Phi) is 4.50. The highest BCUT2D eigenvalue weighted by Crippen LogP contribution is 2.50. The third-order valence-electron chi connectivity index (χ3n) is 5.83. The Balaban J connectivity index is 1.63. The molecule has 2 aliphatic rings. The van der Waals surface area contributed by atoms with Crippen LogP contribution in [0.15, 0.2) is 89.6 Å². The summed E-state index contributed by atoms with van der Waals surface area (Å²) in [5.74, 6) is 1.19. The van der Waals surface area contributed by atoms with Gasteiger partial charge in [0.1, 0.15) is 23.7 Å². The van der Waals surface area contributed by atoms with Crippen LogP contribution >= 0.6 is 11.8 Å². The second-order valence-corrected chi connectivity index (χ2v) is 8.45. The number of thioether (sulfide) groups is 1. The molecular formula is C25H19FN4OS. The molecule has 7 heteroatoms. The second kappa shape index (κ2) is 7.53. The van der Waals surface area contributed by atoms with Gasteiger partial charge in [0.2, 0.25) is 11.1 Å². The average molecular weight is 443 g/mol. The second-order valence-electron chi connectivity index (χ2n) is 7.68. The first-order valence-electron chi connectivity index (χ1n) is 10.3. The number of aromatic nitrogens is 3. The number of anilines is 1. The standard InChI is InChI=1S/C25H19FN4OS/c1-32-25-28-24-27-21-18-9-5-6-10-19(18)31-23(16-7-3-2-4-8-16)20(21)22(30(24)29-25)15-11-13-17(26)14-12-15/h2-14,22-23H,1H3,(H,27,28,29)/t22-,23-/m1/s1. The van der Waals surface area contributed by atoms with Gasteiger partial charge in [-0.2, -0.15) is 4.98 Å². The molecule has 5 nitrogen and oxygen atoms in total. The van der Waals surface area contributed by atoms with Crippen molar-refractivity contribution in [3.05, 3.63) is 107 Å². The van der Waals surface area contributed by atoms with Crippen molar-refractivity contribution < 1.29 is 9.13 Å². The van der Waals surface area contributed by atoms with Gasteiger partial charge in [-0.3, -0.25) is 0 Å². The third kappa shape index (κ3) is 3.00. The van der Waals surface area contributed by atoms with Crippen molar-refractivity contribution in [2.75, 3.05) is 11.6 Å². The van der Waals surface area contributed by atoms with Crippen molar-refractivity contribution in [1.29, 1.82) is 0 Å². The topological polar surface area (TPSA) is 52.0 Å². The number of ether oxygens (including phenoxy) is 1. The molecule has 3 heterocycles. The number of nitrogens with zero attached hydrogens (tertiary/aromatic N) is 3. The smallest absolute Gasteiger partial charge is 0.227 e. The van der Waals surface area contributed by atoms with E-state index >= 15 is 0 Å². The first-order valence-corrected chi connectivity index (χ1v) is 11.5. The lowest BCUT2D eigenvalue weighted by atomic mass is 9.84. The maximum absolute atomic E-state index is 13.8. The van der Waals surface area contributed by atoms with E-state index in [2.05, 4.69) is 22.4 Å². The Bertz CT molecular complexity index is 1330. The Morgan fingerprint density at radius 2 is 1.69 bits per heavy atom. The number of benzene rings is 3. The van der Waals surface area contributed by atoms with E-state index in [-0.39, 0.29) is 18.0 Å². The molecule has 0 fully saturated rings. The molecule has 0 amide bonds. The van der Waals surface area contributed by atoms with Gasteiger partial charge in [0.25, 0.3) is 0 Å². The first kappa shape index (κ1) is 19.1. The van der Waals surface area contributed by atoms with Crippen LogP contribution in [0.1, 0.15) is 28.8 Å². The van der Waals surface area contributed by atoms with E-state index in [1.165, 1.54) is 23.9 Å². The van der Waals surface area contributed by atoms with Gasteiger partial charge >= 0.3 is 0 Å². The zero-order chi connectivity index (χ0) is 21.7. The lowest BCUT2D eigenvalue weighted by Crippen LogP contribution is -2.32. The van der Waals surface area contributed by atoms with Gasteiger partial charge in [0, 0.05) is 11.1 Å². The number of halogens is 1. The summed E-state index contributed by atoms with van der Waals surface area (Å²) in [6.45, 7) is 0. The Labute approximate surface area is 189 Å². The van der Waals surface area contributed by atoms with Crippen molar-refractivity contribution in [1.82, 2.24) is 14.8 Å². The van der Waals surface area contributed by atoms with Crippen molar-refractivity contribution >= 4 is 23.4 Å². The Hall–Kier alpha value is -3.58. The van der Waals surface area contributed by atoms with E-state index in [1.54, 1.807) is 0 Å². The summed E-state index contributed by atoms with van der Waals surface area (Å²) in [7, 11) is 0. The van der Waals surface area contributed by atoms with E-state index in [9.17, 15) is 4.39 Å². The minimum absolute atomic E-state index is 0.273. The van der Waals surface area contributed by atoms with E-state index < -0.39 is 0 Å². The van der Waals surface area contributed by atoms with Crippen LogP contribution in [0.5, 0.6) is 5.75 Å². The Morgan fingerprint density at radius 3 is 2.47 bits per heavy atom. The lowest BCUT2D eigenvalue weighted by molar-refractivity contribution is 0.223. The highest BCUT2D eigenvalue weighted by atomic mass is 32.2. The summed E-state index contributed by atoms with van der Waals surface area (Å²) in [5, 5.41) is 8.94.